The second-order valence-electron chi connectivity index (χ2n) is 6.60. The zero-order valence-electron chi connectivity index (χ0n) is 13.8. The number of unbranched alkanes of at least 4 members (excludes halogenated alkanes) is 9. The molecule has 0 rings (SSSR count). The predicted molar refractivity (Wildman–Crippen MR) is 85.9 cm³/mol. The molecular weight excluding hydrogens is 250 g/mol. The van der Waals surface area contributed by atoms with E-state index in [1.54, 1.807) is 13.8 Å². The average molecular weight is 285 g/mol. The first kappa shape index (κ1) is 19.4. The molecule has 0 saturated heterocycles. The van der Waals surface area contributed by atoms with Crippen molar-refractivity contribution in [2.75, 3.05) is 0 Å². The molecule has 0 heterocycles. The van der Waals surface area contributed by atoms with E-state index in [9.17, 15) is 4.79 Å². The summed E-state index contributed by atoms with van der Waals surface area (Å²) in [6, 6.07) is -0.242. The maximum absolute atomic E-state index is 11.1. The van der Waals surface area contributed by atoms with Gasteiger partial charge >= 0.3 is 5.97 Å². The number of hydrogen-bond donors (Lipinski definition) is 2. The average Bonchev–Trinajstić information content (AvgIpc) is 2.40. The number of carboxylic acid groups (broad SMARTS) is 1. The van der Waals surface area contributed by atoms with Crippen molar-refractivity contribution >= 4 is 5.97 Å². The minimum atomic E-state index is -0.806. The van der Waals surface area contributed by atoms with E-state index >= 15 is 0 Å². The van der Waals surface area contributed by atoms with Gasteiger partial charge < -0.3 is 10.8 Å². The van der Waals surface area contributed by atoms with Crippen molar-refractivity contribution in [3.05, 3.63) is 0 Å². The summed E-state index contributed by atoms with van der Waals surface area (Å²) in [6.07, 6.45) is 13.8. The summed E-state index contributed by atoms with van der Waals surface area (Å²) in [5.41, 5.74) is 5.17. The van der Waals surface area contributed by atoms with Crippen molar-refractivity contribution in [3.8, 4) is 0 Å². The molecule has 0 aliphatic carbocycles. The van der Waals surface area contributed by atoms with Crippen molar-refractivity contribution in [2.24, 2.45) is 11.1 Å². The first-order valence-electron chi connectivity index (χ1n) is 8.42. The third-order valence-electron chi connectivity index (χ3n) is 4.35. The molecular formula is C17H35NO2. The van der Waals surface area contributed by atoms with Crippen molar-refractivity contribution in [1.82, 2.24) is 0 Å². The van der Waals surface area contributed by atoms with Crippen LogP contribution in [0.5, 0.6) is 0 Å². The van der Waals surface area contributed by atoms with Gasteiger partial charge in [-0.3, -0.25) is 4.79 Å². The molecule has 0 aliphatic heterocycles. The molecule has 0 aromatic carbocycles. The van der Waals surface area contributed by atoms with Crippen LogP contribution >= 0.6 is 0 Å². The zero-order valence-corrected chi connectivity index (χ0v) is 13.8. The molecule has 20 heavy (non-hydrogen) atoms. The van der Waals surface area contributed by atoms with Crippen LogP contribution in [0, 0.1) is 5.41 Å². The molecule has 1 unspecified atom stereocenters. The summed E-state index contributed by atoms with van der Waals surface area (Å²) in [5, 5.41) is 9.09. The quantitative estimate of drug-likeness (QED) is 0.481. The molecule has 0 bridgehead atoms. The van der Waals surface area contributed by atoms with Crippen molar-refractivity contribution in [2.45, 2.75) is 97.4 Å². The Hall–Kier alpha value is -0.570. The van der Waals surface area contributed by atoms with Crippen molar-refractivity contribution in [3.63, 3.8) is 0 Å². The van der Waals surface area contributed by atoms with Crippen LogP contribution in [0.15, 0.2) is 0 Å². The summed E-state index contributed by atoms with van der Waals surface area (Å²) < 4.78 is 0. The number of hydrogen-bond acceptors (Lipinski definition) is 2. The topological polar surface area (TPSA) is 63.3 Å². The highest BCUT2D eigenvalue weighted by Crippen LogP contribution is 2.23. The van der Waals surface area contributed by atoms with Crippen LogP contribution in [0.4, 0.5) is 0 Å². The van der Waals surface area contributed by atoms with E-state index in [0.29, 0.717) is 0 Å². The van der Waals surface area contributed by atoms with E-state index in [-0.39, 0.29) is 6.04 Å². The molecule has 0 aromatic heterocycles. The van der Waals surface area contributed by atoms with Gasteiger partial charge in [0.2, 0.25) is 0 Å². The van der Waals surface area contributed by atoms with Crippen molar-refractivity contribution < 1.29 is 9.90 Å². The van der Waals surface area contributed by atoms with Crippen molar-refractivity contribution in [1.29, 1.82) is 0 Å². The van der Waals surface area contributed by atoms with Gasteiger partial charge in [0.05, 0.1) is 5.41 Å². The largest absolute Gasteiger partial charge is 0.481 e. The van der Waals surface area contributed by atoms with E-state index in [2.05, 4.69) is 6.92 Å². The fourth-order valence-corrected chi connectivity index (χ4v) is 2.37. The van der Waals surface area contributed by atoms with E-state index < -0.39 is 11.4 Å². The Balaban J connectivity index is 3.42. The Kier molecular flexibility index (Phi) is 10.8. The number of aliphatic carboxylic acids is 1. The van der Waals surface area contributed by atoms with Crippen LogP contribution in [0.25, 0.3) is 0 Å². The highest BCUT2D eigenvalue weighted by Gasteiger charge is 2.33. The summed E-state index contributed by atoms with van der Waals surface area (Å²) in [5.74, 6) is -0.794. The normalized spacial score (nSPS) is 13.4. The molecule has 0 fully saturated rings. The molecule has 0 aromatic rings. The number of rotatable bonds is 13. The number of carbonyl (C=O) groups is 1. The fourth-order valence-electron chi connectivity index (χ4n) is 2.37. The Morgan fingerprint density at radius 1 is 0.950 bits per heavy atom. The summed E-state index contributed by atoms with van der Waals surface area (Å²) in [4.78, 5) is 11.1. The fraction of sp³-hybridized carbons (Fsp3) is 0.941. The molecule has 120 valence electrons. The lowest BCUT2D eigenvalue weighted by atomic mass is 9.82. The number of carboxylic acids is 1. The van der Waals surface area contributed by atoms with Crippen LogP contribution in [-0.4, -0.2) is 17.1 Å². The lowest BCUT2D eigenvalue weighted by Gasteiger charge is -2.26. The lowest BCUT2D eigenvalue weighted by Crippen LogP contribution is -2.43. The third kappa shape index (κ3) is 8.57. The standard InChI is InChI=1S/C17H35NO2/c1-4-5-6-7-8-9-10-11-12-13-14-15(18)17(2,3)16(19)20/h15H,4-14,18H2,1-3H3,(H,19,20). The zero-order chi connectivity index (χ0) is 15.4. The Morgan fingerprint density at radius 2 is 1.35 bits per heavy atom. The van der Waals surface area contributed by atoms with Gasteiger partial charge in [0.1, 0.15) is 0 Å². The molecule has 3 heteroatoms. The van der Waals surface area contributed by atoms with Gasteiger partial charge in [0.25, 0.3) is 0 Å². The molecule has 1 atom stereocenters. The van der Waals surface area contributed by atoms with Crippen LogP contribution in [0.1, 0.15) is 91.4 Å². The van der Waals surface area contributed by atoms with Gasteiger partial charge in [0.15, 0.2) is 0 Å². The van der Waals surface area contributed by atoms with Gasteiger partial charge in [-0.1, -0.05) is 71.1 Å². The van der Waals surface area contributed by atoms with Crippen LogP contribution in [0.3, 0.4) is 0 Å². The Bertz CT molecular complexity index is 251. The summed E-state index contributed by atoms with van der Waals surface area (Å²) in [7, 11) is 0. The van der Waals surface area contributed by atoms with Gasteiger partial charge in [-0.05, 0) is 20.3 Å². The lowest BCUT2D eigenvalue weighted by molar-refractivity contribution is -0.148. The van der Waals surface area contributed by atoms with E-state index in [1.807, 2.05) is 0 Å². The minimum Gasteiger partial charge on any atom is -0.481 e. The maximum atomic E-state index is 11.1. The highest BCUT2D eigenvalue weighted by molar-refractivity contribution is 5.74. The molecule has 0 radical (unpaired) electrons. The molecule has 3 N–H and O–H groups in total. The minimum absolute atomic E-state index is 0.242. The number of nitrogens with two attached hydrogens (primary N) is 1. The summed E-state index contributed by atoms with van der Waals surface area (Å²) in [6.45, 7) is 5.68. The Labute approximate surface area is 125 Å². The molecule has 0 amide bonds. The highest BCUT2D eigenvalue weighted by atomic mass is 16.4. The summed E-state index contributed by atoms with van der Waals surface area (Å²) >= 11 is 0. The molecule has 0 saturated carbocycles. The Morgan fingerprint density at radius 3 is 1.75 bits per heavy atom. The van der Waals surface area contributed by atoms with E-state index in [1.165, 1.54) is 57.8 Å². The SMILES string of the molecule is CCCCCCCCCCCCC(N)C(C)(C)C(=O)O. The van der Waals surface area contributed by atoms with Crippen LogP contribution in [-0.2, 0) is 4.79 Å². The van der Waals surface area contributed by atoms with Gasteiger partial charge in [-0.2, -0.15) is 0 Å². The molecule has 3 nitrogen and oxygen atoms in total. The van der Waals surface area contributed by atoms with Gasteiger partial charge in [0, 0.05) is 6.04 Å². The van der Waals surface area contributed by atoms with Crippen LogP contribution in [0.2, 0.25) is 0 Å². The second-order valence-corrected chi connectivity index (χ2v) is 6.60. The monoisotopic (exact) mass is 285 g/mol. The molecule has 0 aliphatic rings. The predicted octanol–water partition coefficient (Wildman–Crippen LogP) is 4.74. The molecule has 0 spiro atoms. The van der Waals surface area contributed by atoms with Crippen LogP contribution < -0.4 is 5.73 Å². The smallest absolute Gasteiger partial charge is 0.310 e. The first-order chi connectivity index (χ1) is 9.42. The van der Waals surface area contributed by atoms with Gasteiger partial charge in [-0.15, -0.1) is 0 Å². The second kappa shape index (κ2) is 11.1. The van der Waals surface area contributed by atoms with Gasteiger partial charge in [-0.25, -0.2) is 0 Å². The van der Waals surface area contributed by atoms with E-state index in [0.717, 1.165) is 12.8 Å². The maximum Gasteiger partial charge on any atom is 0.310 e. The van der Waals surface area contributed by atoms with E-state index in [4.69, 9.17) is 10.8 Å². The first-order valence-corrected chi connectivity index (χ1v) is 8.42. The third-order valence-corrected chi connectivity index (χ3v) is 4.35.